The van der Waals surface area contributed by atoms with Crippen LogP contribution in [0.25, 0.3) is 6.08 Å². The lowest BCUT2D eigenvalue weighted by atomic mass is 10.0. The van der Waals surface area contributed by atoms with Crippen LogP contribution < -0.4 is 24.2 Å². The van der Waals surface area contributed by atoms with Gasteiger partial charge in [-0.3, -0.25) is 4.79 Å². The molecule has 0 saturated carbocycles. The summed E-state index contributed by atoms with van der Waals surface area (Å²) >= 11 is 0. The lowest BCUT2D eigenvalue weighted by Gasteiger charge is -2.19. The van der Waals surface area contributed by atoms with Crippen LogP contribution in [0.1, 0.15) is 34.3 Å². The van der Waals surface area contributed by atoms with Crippen LogP contribution in [-0.2, 0) is 6.54 Å². The minimum Gasteiger partial charge on any atom is -0.872 e. The number of rotatable bonds is 5. The maximum atomic E-state index is 12.9. The molecule has 6 heteroatoms. The van der Waals surface area contributed by atoms with Crippen LogP contribution in [0.3, 0.4) is 0 Å². The third-order valence-electron chi connectivity index (χ3n) is 5.36. The van der Waals surface area contributed by atoms with Crippen LogP contribution in [0.4, 0.5) is 0 Å². The van der Waals surface area contributed by atoms with Crippen molar-refractivity contribution in [2.45, 2.75) is 19.4 Å². The van der Waals surface area contributed by atoms with Crippen molar-refractivity contribution < 1.29 is 29.0 Å². The first-order valence-electron chi connectivity index (χ1n) is 9.43. The minimum absolute atomic E-state index is 0.0748. The number of benzene rings is 2. The molecule has 6 nitrogen and oxygen atoms in total. The van der Waals surface area contributed by atoms with E-state index in [0.29, 0.717) is 40.5 Å². The third kappa shape index (κ3) is 3.31. The van der Waals surface area contributed by atoms with Gasteiger partial charge in [0, 0.05) is 30.0 Å². The number of allylic oxidation sites excluding steroid dienone is 1. The van der Waals surface area contributed by atoms with Gasteiger partial charge in [-0.05, 0) is 24.3 Å². The number of quaternary nitrogens is 1. The van der Waals surface area contributed by atoms with Crippen molar-refractivity contribution in [3.8, 4) is 23.0 Å². The topological polar surface area (TPSA) is 72.3 Å². The highest BCUT2D eigenvalue weighted by Gasteiger charge is 2.31. The summed E-state index contributed by atoms with van der Waals surface area (Å²) in [4.78, 5) is 14.2. The van der Waals surface area contributed by atoms with Gasteiger partial charge in [0.05, 0.1) is 32.9 Å². The highest BCUT2D eigenvalue weighted by molar-refractivity contribution is 6.15. The number of carbonyl (C=O) groups is 1. The van der Waals surface area contributed by atoms with E-state index in [2.05, 4.69) is 0 Å². The summed E-state index contributed by atoms with van der Waals surface area (Å²) in [6.45, 7) is 2.68. The number of ether oxygens (including phenoxy) is 3. The molecule has 0 aliphatic carbocycles. The summed E-state index contributed by atoms with van der Waals surface area (Å²) in [5.41, 5.74) is 1.74. The van der Waals surface area contributed by atoms with Crippen molar-refractivity contribution >= 4 is 11.9 Å². The number of fused-ring (bicyclic) bond motifs is 1. The van der Waals surface area contributed by atoms with E-state index in [0.717, 1.165) is 13.1 Å². The maximum absolute atomic E-state index is 12.9. The molecule has 0 aromatic heterocycles. The monoisotopic (exact) mass is 381 g/mol. The van der Waals surface area contributed by atoms with Crippen molar-refractivity contribution in [2.75, 3.05) is 27.3 Å². The zero-order valence-electron chi connectivity index (χ0n) is 16.0. The molecule has 1 N–H and O–H groups in total. The van der Waals surface area contributed by atoms with Crippen molar-refractivity contribution in [1.29, 1.82) is 0 Å². The van der Waals surface area contributed by atoms with E-state index < -0.39 is 0 Å². The summed E-state index contributed by atoms with van der Waals surface area (Å²) in [6.07, 6.45) is 3.99. The number of nitrogens with one attached hydrogen (secondary N) is 1. The van der Waals surface area contributed by atoms with E-state index in [1.165, 1.54) is 23.8 Å². The summed E-state index contributed by atoms with van der Waals surface area (Å²) in [6, 6.07) is 8.38. The number of ketones is 1. The van der Waals surface area contributed by atoms with Gasteiger partial charge in [0.1, 0.15) is 23.8 Å². The van der Waals surface area contributed by atoms with Crippen LogP contribution in [0, 0.1) is 0 Å². The van der Waals surface area contributed by atoms with Gasteiger partial charge in [-0.2, -0.15) is 0 Å². The molecule has 0 unspecified atom stereocenters. The zero-order chi connectivity index (χ0) is 19.7. The van der Waals surface area contributed by atoms with E-state index in [9.17, 15) is 9.90 Å². The van der Waals surface area contributed by atoms with E-state index in [1.807, 2.05) is 0 Å². The normalized spacial score (nSPS) is 17.6. The predicted molar refractivity (Wildman–Crippen MR) is 102 cm³/mol. The summed E-state index contributed by atoms with van der Waals surface area (Å²) in [5, 5.41) is 12.5. The van der Waals surface area contributed by atoms with Crippen LogP contribution in [0.5, 0.6) is 23.0 Å². The molecule has 0 spiro atoms. The van der Waals surface area contributed by atoms with Crippen molar-refractivity contribution in [1.82, 2.24) is 0 Å². The Morgan fingerprint density at radius 2 is 1.93 bits per heavy atom. The molecule has 1 saturated heterocycles. The average Bonchev–Trinajstić information content (AvgIpc) is 3.33. The fourth-order valence-electron chi connectivity index (χ4n) is 3.84. The first-order valence-corrected chi connectivity index (χ1v) is 9.43. The minimum atomic E-state index is -0.217. The van der Waals surface area contributed by atoms with Crippen molar-refractivity contribution in [3.05, 3.63) is 52.8 Å². The van der Waals surface area contributed by atoms with Crippen LogP contribution >= 0.6 is 0 Å². The number of hydrogen-bond donors (Lipinski definition) is 1. The number of carbonyl (C=O) groups excluding carboxylic acids is 1. The Morgan fingerprint density at radius 3 is 2.64 bits per heavy atom. The number of hydrogen-bond acceptors (Lipinski definition) is 5. The number of likely N-dealkylation sites (tertiary alicyclic amines) is 1. The molecular weight excluding hydrogens is 358 g/mol. The molecule has 2 aromatic carbocycles. The second-order valence-corrected chi connectivity index (χ2v) is 7.10. The Balaban J connectivity index is 1.68. The molecule has 146 valence electrons. The summed E-state index contributed by atoms with van der Waals surface area (Å²) < 4.78 is 16.5. The van der Waals surface area contributed by atoms with Gasteiger partial charge in [0.15, 0.2) is 5.76 Å². The van der Waals surface area contributed by atoms with E-state index >= 15 is 0 Å². The largest absolute Gasteiger partial charge is 0.872 e. The quantitative estimate of drug-likeness (QED) is 0.796. The Labute approximate surface area is 163 Å². The van der Waals surface area contributed by atoms with Gasteiger partial charge in [-0.15, -0.1) is 0 Å². The van der Waals surface area contributed by atoms with Gasteiger partial charge >= 0.3 is 0 Å². The van der Waals surface area contributed by atoms with Crippen molar-refractivity contribution in [3.63, 3.8) is 0 Å². The Morgan fingerprint density at radius 1 is 1.14 bits per heavy atom. The highest BCUT2D eigenvalue weighted by Crippen LogP contribution is 2.39. The molecule has 0 amide bonds. The van der Waals surface area contributed by atoms with Gasteiger partial charge in [-0.25, -0.2) is 0 Å². The summed E-state index contributed by atoms with van der Waals surface area (Å²) in [7, 11) is 3.14. The fourth-order valence-corrected chi connectivity index (χ4v) is 3.84. The third-order valence-corrected chi connectivity index (χ3v) is 5.36. The zero-order valence-corrected chi connectivity index (χ0v) is 16.0. The van der Waals surface area contributed by atoms with Crippen LogP contribution in [-0.4, -0.2) is 33.1 Å². The van der Waals surface area contributed by atoms with E-state index in [4.69, 9.17) is 14.2 Å². The molecular formula is C22H23NO5. The molecule has 28 heavy (non-hydrogen) atoms. The lowest BCUT2D eigenvalue weighted by molar-refractivity contribution is -0.901. The maximum Gasteiger partial charge on any atom is 0.231 e. The first kappa shape index (κ1) is 18.4. The first-order chi connectivity index (χ1) is 13.6. The highest BCUT2D eigenvalue weighted by atomic mass is 16.5. The molecule has 2 aromatic rings. The van der Waals surface area contributed by atoms with Gasteiger partial charge in [0.25, 0.3) is 0 Å². The predicted octanol–water partition coefficient (Wildman–Crippen LogP) is 1.57. The SMILES string of the molecule is COc1ccc(C=C2Oc3c(ccc([O-])c3C[NH+]3CCCC3)C2=O)c(OC)c1. The van der Waals surface area contributed by atoms with Gasteiger partial charge < -0.3 is 24.2 Å². The Hall–Kier alpha value is -2.99. The molecule has 2 aliphatic rings. The standard InChI is InChI=1S/C22H23NO5/c1-26-15-6-5-14(19(12-15)27-2)11-20-21(25)16-7-8-18(24)17(22(16)28-20)13-23-9-3-4-10-23/h5-8,11-12,24H,3-4,9-10,13H2,1-2H3. The summed E-state index contributed by atoms with van der Waals surface area (Å²) in [5.74, 6) is 1.55. The molecule has 0 bridgehead atoms. The Kier molecular flexibility index (Phi) is 4.96. The average molecular weight is 381 g/mol. The van der Waals surface area contributed by atoms with E-state index in [1.54, 1.807) is 44.6 Å². The van der Waals surface area contributed by atoms with E-state index in [-0.39, 0.29) is 17.3 Å². The molecule has 4 rings (SSSR count). The lowest BCUT2D eigenvalue weighted by Crippen LogP contribution is -3.08. The Bertz CT molecular complexity index is 944. The smallest absolute Gasteiger partial charge is 0.231 e. The molecule has 2 heterocycles. The van der Waals surface area contributed by atoms with Gasteiger partial charge in [0.2, 0.25) is 5.78 Å². The number of Topliss-reactive ketones (excluding diaryl/α,β-unsaturated/α-hetero) is 1. The van der Waals surface area contributed by atoms with Crippen LogP contribution in [0.15, 0.2) is 36.1 Å². The van der Waals surface area contributed by atoms with Gasteiger partial charge in [-0.1, -0.05) is 11.8 Å². The second kappa shape index (κ2) is 7.56. The number of methoxy groups -OCH3 is 2. The van der Waals surface area contributed by atoms with Crippen LogP contribution in [0.2, 0.25) is 0 Å². The van der Waals surface area contributed by atoms with Crippen molar-refractivity contribution in [2.24, 2.45) is 0 Å². The molecule has 0 radical (unpaired) electrons. The molecule has 1 fully saturated rings. The molecule has 2 aliphatic heterocycles. The second-order valence-electron chi connectivity index (χ2n) is 7.10. The fraction of sp³-hybridized carbons (Fsp3) is 0.318. The molecule has 0 atom stereocenters.